The van der Waals surface area contributed by atoms with Gasteiger partial charge in [-0.1, -0.05) is 48.0 Å². The Morgan fingerprint density at radius 1 is 1.05 bits per heavy atom. The summed E-state index contributed by atoms with van der Waals surface area (Å²) < 4.78 is 0. The first-order chi connectivity index (χ1) is 9.21. The predicted molar refractivity (Wildman–Crippen MR) is 75.7 cm³/mol. The second kappa shape index (κ2) is 3.71. The summed E-state index contributed by atoms with van der Waals surface area (Å²) in [6.07, 6.45) is 1.87. The number of benzene rings is 2. The Kier molecular flexibility index (Phi) is 2.19. The Hall–Kier alpha value is -1.60. The van der Waals surface area contributed by atoms with Gasteiger partial charge in [-0.15, -0.1) is 0 Å². The second-order valence-electron chi connectivity index (χ2n) is 5.63. The van der Waals surface area contributed by atoms with E-state index in [4.69, 9.17) is 11.6 Å². The van der Waals surface area contributed by atoms with Gasteiger partial charge >= 0.3 is 0 Å². The van der Waals surface area contributed by atoms with Crippen molar-refractivity contribution in [3.05, 3.63) is 70.2 Å². The standard InChI is InChI=1S/C17H13ClO/c18-13-7-5-11(6-8-13)15-10-17(15)9-12-3-1-2-4-14(12)16(17)19/h1-8,15H,9-10H2/t15-,17-/m1/s1. The molecule has 1 fully saturated rings. The lowest BCUT2D eigenvalue weighted by molar-refractivity contribution is 0.0914. The molecule has 2 atom stereocenters. The van der Waals surface area contributed by atoms with Gasteiger partial charge in [0.25, 0.3) is 0 Å². The molecule has 2 aliphatic carbocycles. The fourth-order valence-electron chi connectivity index (χ4n) is 3.47. The van der Waals surface area contributed by atoms with E-state index in [2.05, 4.69) is 18.2 Å². The van der Waals surface area contributed by atoms with E-state index in [9.17, 15) is 4.79 Å². The molecule has 2 aromatic rings. The number of hydrogen-bond donors (Lipinski definition) is 0. The quantitative estimate of drug-likeness (QED) is 0.756. The minimum Gasteiger partial charge on any atom is -0.294 e. The van der Waals surface area contributed by atoms with Crippen LogP contribution < -0.4 is 0 Å². The van der Waals surface area contributed by atoms with E-state index in [1.807, 2.05) is 30.3 Å². The molecule has 0 bridgehead atoms. The molecule has 1 saturated carbocycles. The molecule has 4 rings (SSSR count). The SMILES string of the molecule is O=C1c2ccccc2C[C@]12C[C@@H]2c1ccc(Cl)cc1. The fraction of sp³-hybridized carbons (Fsp3) is 0.235. The van der Waals surface area contributed by atoms with Crippen LogP contribution in [0.15, 0.2) is 48.5 Å². The molecule has 2 aromatic carbocycles. The molecule has 0 N–H and O–H groups in total. The number of rotatable bonds is 1. The molecule has 19 heavy (non-hydrogen) atoms. The van der Waals surface area contributed by atoms with Gasteiger partial charge in [0.15, 0.2) is 5.78 Å². The third kappa shape index (κ3) is 1.51. The van der Waals surface area contributed by atoms with Crippen molar-refractivity contribution in [1.29, 1.82) is 0 Å². The van der Waals surface area contributed by atoms with E-state index < -0.39 is 0 Å². The third-order valence-corrected chi connectivity index (χ3v) is 4.82. The van der Waals surface area contributed by atoms with E-state index >= 15 is 0 Å². The van der Waals surface area contributed by atoms with Gasteiger partial charge in [0, 0.05) is 16.0 Å². The Morgan fingerprint density at radius 2 is 1.79 bits per heavy atom. The first-order valence-electron chi connectivity index (χ1n) is 6.59. The van der Waals surface area contributed by atoms with Crippen molar-refractivity contribution in [2.24, 2.45) is 5.41 Å². The average Bonchev–Trinajstić information content (AvgIpc) is 3.07. The van der Waals surface area contributed by atoms with Crippen molar-refractivity contribution >= 4 is 17.4 Å². The minimum absolute atomic E-state index is 0.155. The minimum atomic E-state index is -0.155. The highest BCUT2D eigenvalue weighted by atomic mass is 35.5. The van der Waals surface area contributed by atoms with Crippen LogP contribution in [0.3, 0.4) is 0 Å². The van der Waals surface area contributed by atoms with Gasteiger partial charge < -0.3 is 0 Å². The van der Waals surface area contributed by atoms with Gasteiger partial charge in [-0.3, -0.25) is 4.79 Å². The van der Waals surface area contributed by atoms with Crippen molar-refractivity contribution < 1.29 is 4.79 Å². The lowest BCUT2D eigenvalue weighted by Crippen LogP contribution is -2.12. The Bertz CT molecular complexity index is 674. The van der Waals surface area contributed by atoms with Gasteiger partial charge in [0.05, 0.1) is 0 Å². The number of halogens is 1. The Balaban J connectivity index is 1.70. The first-order valence-corrected chi connectivity index (χ1v) is 6.97. The van der Waals surface area contributed by atoms with E-state index in [0.717, 1.165) is 23.4 Å². The monoisotopic (exact) mass is 268 g/mol. The zero-order valence-corrected chi connectivity index (χ0v) is 11.2. The maximum absolute atomic E-state index is 12.6. The summed E-state index contributed by atoms with van der Waals surface area (Å²) in [5, 5.41) is 0.750. The Morgan fingerprint density at radius 3 is 2.53 bits per heavy atom. The molecule has 0 aromatic heterocycles. The maximum atomic E-state index is 12.6. The zero-order valence-electron chi connectivity index (χ0n) is 10.4. The highest BCUT2D eigenvalue weighted by molar-refractivity contribution is 6.30. The molecule has 94 valence electrons. The van der Waals surface area contributed by atoms with Crippen LogP contribution >= 0.6 is 11.6 Å². The topological polar surface area (TPSA) is 17.1 Å². The maximum Gasteiger partial charge on any atom is 0.170 e. The average molecular weight is 269 g/mol. The van der Waals surface area contributed by atoms with Crippen molar-refractivity contribution in [1.82, 2.24) is 0 Å². The van der Waals surface area contributed by atoms with E-state index in [1.165, 1.54) is 11.1 Å². The second-order valence-corrected chi connectivity index (χ2v) is 6.06. The predicted octanol–water partition coefficient (Wildman–Crippen LogP) is 4.25. The number of carbonyl (C=O) groups excluding carboxylic acids is 1. The molecule has 0 unspecified atom stereocenters. The molecule has 0 aliphatic heterocycles. The Labute approximate surface area is 117 Å². The summed E-state index contributed by atoms with van der Waals surface area (Å²) in [6.45, 7) is 0. The van der Waals surface area contributed by atoms with Crippen LogP contribution in [0.5, 0.6) is 0 Å². The number of Topliss-reactive ketones (excluding diaryl/α,β-unsaturated/α-hetero) is 1. The van der Waals surface area contributed by atoms with E-state index in [-0.39, 0.29) is 5.41 Å². The highest BCUT2D eigenvalue weighted by Gasteiger charge is 2.63. The molecule has 2 heteroatoms. The molecule has 0 amide bonds. The van der Waals surface area contributed by atoms with Gasteiger partial charge in [0.2, 0.25) is 0 Å². The largest absolute Gasteiger partial charge is 0.294 e. The number of ketones is 1. The number of carbonyl (C=O) groups is 1. The summed E-state index contributed by atoms with van der Waals surface area (Å²) in [7, 11) is 0. The molecule has 0 saturated heterocycles. The molecule has 0 radical (unpaired) electrons. The highest BCUT2D eigenvalue weighted by Crippen LogP contribution is 2.65. The van der Waals surface area contributed by atoms with Crippen LogP contribution in [0.1, 0.15) is 33.8 Å². The van der Waals surface area contributed by atoms with Crippen LogP contribution in [0.25, 0.3) is 0 Å². The van der Waals surface area contributed by atoms with Gasteiger partial charge in [-0.2, -0.15) is 0 Å². The number of hydrogen-bond acceptors (Lipinski definition) is 1. The van der Waals surface area contributed by atoms with Crippen LogP contribution in [0.2, 0.25) is 5.02 Å². The first kappa shape index (κ1) is 11.2. The fourth-order valence-corrected chi connectivity index (χ4v) is 3.59. The number of fused-ring (bicyclic) bond motifs is 1. The summed E-state index contributed by atoms with van der Waals surface area (Å²) in [5.74, 6) is 0.702. The van der Waals surface area contributed by atoms with Gasteiger partial charge in [-0.05, 0) is 42.0 Å². The van der Waals surface area contributed by atoms with Gasteiger partial charge in [0.1, 0.15) is 0 Å². The zero-order chi connectivity index (χ0) is 13.0. The molecule has 1 nitrogen and oxygen atoms in total. The van der Waals surface area contributed by atoms with E-state index in [0.29, 0.717) is 11.7 Å². The summed E-state index contributed by atoms with van der Waals surface area (Å²) >= 11 is 5.92. The summed E-state index contributed by atoms with van der Waals surface area (Å²) in [6, 6.07) is 15.9. The molecule has 2 aliphatic rings. The van der Waals surface area contributed by atoms with Gasteiger partial charge in [-0.25, -0.2) is 0 Å². The lowest BCUT2D eigenvalue weighted by atomic mass is 9.95. The molecular formula is C17H13ClO. The van der Waals surface area contributed by atoms with Crippen LogP contribution in [0.4, 0.5) is 0 Å². The third-order valence-electron chi connectivity index (χ3n) is 4.57. The van der Waals surface area contributed by atoms with Crippen molar-refractivity contribution in [3.63, 3.8) is 0 Å². The molecular weight excluding hydrogens is 256 g/mol. The molecule has 1 spiro atoms. The van der Waals surface area contributed by atoms with Crippen molar-refractivity contribution in [2.75, 3.05) is 0 Å². The molecule has 0 heterocycles. The normalized spacial score (nSPS) is 27.6. The van der Waals surface area contributed by atoms with Crippen LogP contribution in [0, 0.1) is 5.41 Å². The van der Waals surface area contributed by atoms with E-state index in [1.54, 1.807) is 0 Å². The van der Waals surface area contributed by atoms with Crippen LogP contribution in [-0.4, -0.2) is 5.78 Å². The summed E-state index contributed by atoms with van der Waals surface area (Å²) in [5.41, 5.74) is 3.23. The lowest BCUT2D eigenvalue weighted by Gasteiger charge is -2.07. The van der Waals surface area contributed by atoms with Crippen LogP contribution in [-0.2, 0) is 6.42 Å². The smallest absolute Gasteiger partial charge is 0.170 e. The van der Waals surface area contributed by atoms with Crippen molar-refractivity contribution in [2.45, 2.75) is 18.8 Å². The summed E-state index contributed by atoms with van der Waals surface area (Å²) in [4.78, 5) is 12.6. The van der Waals surface area contributed by atoms with Crippen molar-refractivity contribution in [3.8, 4) is 0 Å².